The molecule has 0 bridgehead atoms. The normalized spacial score (nSPS) is 18.1. The molecule has 1 aromatic rings. The van der Waals surface area contributed by atoms with E-state index in [9.17, 15) is 4.79 Å². The molecular weight excluding hydrogens is 329 g/mol. The summed E-state index contributed by atoms with van der Waals surface area (Å²) in [6.45, 7) is 1.81. The van der Waals surface area contributed by atoms with E-state index >= 15 is 0 Å². The van der Waals surface area contributed by atoms with E-state index < -0.39 is 6.04 Å². The van der Waals surface area contributed by atoms with Gasteiger partial charge in [-0.05, 0) is 31.3 Å². The Morgan fingerprint density at radius 2 is 1.86 bits per heavy atom. The van der Waals surface area contributed by atoms with Crippen LogP contribution in [0.2, 0.25) is 10.0 Å². The Bertz CT molecular complexity index is 623. The third kappa shape index (κ3) is 3.15. The molecule has 112 valence electrons. The number of allylic oxidation sites excluding steroid dienone is 1. The van der Waals surface area contributed by atoms with E-state index in [1.54, 1.807) is 32.3 Å². The number of hydrogen-bond donors (Lipinski definition) is 2. The first-order valence-corrected chi connectivity index (χ1v) is 7.43. The number of rotatable bonds is 2. The molecule has 0 aromatic heterocycles. The number of halogens is 2. The van der Waals surface area contributed by atoms with Crippen LogP contribution in [0.3, 0.4) is 0 Å². The standard InChI is InChI=1S/C14H15Cl2N3OS/c1-7-10(13(20)19(2)3)12(18-14(21)17-7)11-8(15)5-4-6-9(11)16/h4-6,12H,1-3H3,(H2,17,18,21). The molecule has 7 heteroatoms. The zero-order valence-electron chi connectivity index (χ0n) is 11.8. The Morgan fingerprint density at radius 3 is 2.38 bits per heavy atom. The van der Waals surface area contributed by atoms with Gasteiger partial charge in [-0.15, -0.1) is 0 Å². The van der Waals surface area contributed by atoms with Crippen LogP contribution in [0.15, 0.2) is 29.5 Å². The highest BCUT2D eigenvalue weighted by Gasteiger charge is 2.33. The minimum absolute atomic E-state index is 0.129. The lowest BCUT2D eigenvalue weighted by Gasteiger charge is -2.32. The summed E-state index contributed by atoms with van der Waals surface area (Å²) in [5.41, 5.74) is 1.89. The number of amides is 1. The first-order chi connectivity index (χ1) is 9.82. The molecule has 1 atom stereocenters. The summed E-state index contributed by atoms with van der Waals surface area (Å²) in [5, 5.41) is 7.46. The molecule has 1 aliphatic rings. The maximum atomic E-state index is 12.5. The van der Waals surface area contributed by atoms with Crippen molar-refractivity contribution < 1.29 is 4.79 Å². The molecule has 0 radical (unpaired) electrons. The largest absolute Gasteiger partial charge is 0.351 e. The van der Waals surface area contributed by atoms with Crippen molar-refractivity contribution >= 4 is 46.4 Å². The van der Waals surface area contributed by atoms with Crippen molar-refractivity contribution in [2.45, 2.75) is 13.0 Å². The van der Waals surface area contributed by atoms with E-state index in [0.717, 1.165) is 0 Å². The minimum atomic E-state index is -0.477. The van der Waals surface area contributed by atoms with Gasteiger partial charge in [0.1, 0.15) is 0 Å². The van der Waals surface area contributed by atoms with Crippen LogP contribution >= 0.6 is 35.4 Å². The van der Waals surface area contributed by atoms with Gasteiger partial charge in [0.05, 0.1) is 11.6 Å². The molecule has 4 nitrogen and oxygen atoms in total. The second-order valence-corrected chi connectivity index (χ2v) is 6.13. The van der Waals surface area contributed by atoms with E-state index in [2.05, 4.69) is 10.6 Å². The number of likely N-dealkylation sites (N-methyl/N-ethyl adjacent to an activating group) is 1. The number of carbonyl (C=O) groups excluding carboxylic acids is 1. The van der Waals surface area contributed by atoms with Crippen molar-refractivity contribution in [1.82, 2.24) is 15.5 Å². The summed E-state index contributed by atoms with van der Waals surface area (Å²) in [6, 6.07) is 4.76. The van der Waals surface area contributed by atoms with Gasteiger partial charge in [0.2, 0.25) is 0 Å². The van der Waals surface area contributed by atoms with Gasteiger partial charge >= 0.3 is 0 Å². The fourth-order valence-electron chi connectivity index (χ4n) is 2.22. The van der Waals surface area contributed by atoms with Crippen LogP contribution in [-0.4, -0.2) is 30.0 Å². The number of hydrogen-bond acceptors (Lipinski definition) is 2. The average molecular weight is 344 g/mol. The average Bonchev–Trinajstić information content (AvgIpc) is 2.37. The molecule has 1 aliphatic heterocycles. The van der Waals surface area contributed by atoms with Crippen LogP contribution in [0.4, 0.5) is 0 Å². The molecule has 2 N–H and O–H groups in total. The van der Waals surface area contributed by atoms with Crippen LogP contribution < -0.4 is 10.6 Å². The van der Waals surface area contributed by atoms with Crippen LogP contribution in [0.1, 0.15) is 18.5 Å². The minimum Gasteiger partial charge on any atom is -0.351 e. The van der Waals surface area contributed by atoms with Crippen LogP contribution in [-0.2, 0) is 4.79 Å². The first-order valence-electron chi connectivity index (χ1n) is 6.26. The van der Waals surface area contributed by atoms with E-state index in [1.807, 2.05) is 6.92 Å². The van der Waals surface area contributed by atoms with Crippen molar-refractivity contribution in [2.75, 3.05) is 14.1 Å². The summed E-state index contributed by atoms with van der Waals surface area (Å²) >= 11 is 17.7. The fourth-order valence-corrected chi connectivity index (χ4v) is 3.11. The first kappa shape index (κ1) is 16.1. The third-order valence-corrected chi connectivity index (χ3v) is 4.07. The molecule has 0 saturated carbocycles. The smallest absolute Gasteiger partial charge is 0.253 e. The van der Waals surface area contributed by atoms with E-state index in [1.165, 1.54) is 4.90 Å². The van der Waals surface area contributed by atoms with Gasteiger partial charge in [-0.25, -0.2) is 0 Å². The molecule has 1 aromatic carbocycles. The van der Waals surface area contributed by atoms with E-state index in [0.29, 0.717) is 32.0 Å². The van der Waals surface area contributed by atoms with Crippen molar-refractivity contribution in [3.05, 3.63) is 45.1 Å². The predicted octanol–water partition coefficient (Wildman–Crippen LogP) is 2.87. The Kier molecular flexibility index (Phi) is 4.76. The monoisotopic (exact) mass is 343 g/mol. The Balaban J connectivity index is 2.61. The summed E-state index contributed by atoms with van der Waals surface area (Å²) < 4.78 is 0. The lowest BCUT2D eigenvalue weighted by molar-refractivity contribution is -0.125. The topological polar surface area (TPSA) is 44.4 Å². The third-order valence-electron chi connectivity index (χ3n) is 3.19. The van der Waals surface area contributed by atoms with Crippen molar-refractivity contribution in [1.29, 1.82) is 0 Å². The molecule has 1 amide bonds. The number of carbonyl (C=O) groups is 1. The molecule has 21 heavy (non-hydrogen) atoms. The molecule has 1 unspecified atom stereocenters. The molecular formula is C14H15Cl2N3OS. The van der Waals surface area contributed by atoms with Crippen molar-refractivity contribution in [3.63, 3.8) is 0 Å². The summed E-state index contributed by atoms with van der Waals surface area (Å²) in [6.07, 6.45) is 0. The van der Waals surface area contributed by atoms with Crippen LogP contribution in [0.25, 0.3) is 0 Å². The van der Waals surface area contributed by atoms with Crippen molar-refractivity contribution in [3.8, 4) is 0 Å². The highest BCUT2D eigenvalue weighted by atomic mass is 35.5. The van der Waals surface area contributed by atoms with Gasteiger partial charge in [-0.3, -0.25) is 4.79 Å². The molecule has 0 spiro atoms. The lowest BCUT2D eigenvalue weighted by atomic mass is 9.94. The number of nitrogens with zero attached hydrogens (tertiary/aromatic N) is 1. The maximum Gasteiger partial charge on any atom is 0.253 e. The van der Waals surface area contributed by atoms with Crippen LogP contribution in [0.5, 0.6) is 0 Å². The highest BCUT2D eigenvalue weighted by molar-refractivity contribution is 7.80. The lowest BCUT2D eigenvalue weighted by Crippen LogP contribution is -2.46. The van der Waals surface area contributed by atoms with Crippen molar-refractivity contribution in [2.24, 2.45) is 0 Å². The Hall–Kier alpha value is -1.30. The Morgan fingerprint density at radius 1 is 1.29 bits per heavy atom. The summed E-state index contributed by atoms with van der Waals surface area (Å²) in [7, 11) is 3.39. The van der Waals surface area contributed by atoms with Gasteiger partial charge in [0, 0.05) is 35.4 Å². The predicted molar refractivity (Wildman–Crippen MR) is 89.5 cm³/mol. The number of thiocarbonyl (C=S) groups is 1. The Labute approximate surface area is 139 Å². The van der Waals surface area contributed by atoms with Gasteiger partial charge in [0.25, 0.3) is 5.91 Å². The van der Waals surface area contributed by atoms with Gasteiger partial charge in [-0.1, -0.05) is 29.3 Å². The zero-order valence-corrected chi connectivity index (χ0v) is 14.2. The SMILES string of the molecule is CC1=C(C(=O)N(C)C)C(c2c(Cl)cccc2Cl)NC(=S)N1. The molecule has 1 heterocycles. The second-order valence-electron chi connectivity index (χ2n) is 4.91. The second kappa shape index (κ2) is 6.22. The zero-order chi connectivity index (χ0) is 15.7. The van der Waals surface area contributed by atoms with E-state index in [-0.39, 0.29) is 5.91 Å². The summed E-state index contributed by atoms with van der Waals surface area (Å²) in [4.78, 5) is 14.0. The molecule has 2 rings (SSSR count). The highest BCUT2D eigenvalue weighted by Crippen LogP contribution is 2.36. The van der Waals surface area contributed by atoms with E-state index in [4.69, 9.17) is 35.4 Å². The van der Waals surface area contributed by atoms with Gasteiger partial charge < -0.3 is 15.5 Å². The quantitative estimate of drug-likeness (QED) is 0.810. The van der Waals surface area contributed by atoms with Gasteiger partial charge in [0.15, 0.2) is 5.11 Å². The van der Waals surface area contributed by atoms with Crippen LogP contribution in [0, 0.1) is 0 Å². The molecule has 0 aliphatic carbocycles. The summed E-state index contributed by atoms with van der Waals surface area (Å²) in [5.74, 6) is -0.129. The number of benzene rings is 1. The molecule has 0 fully saturated rings. The number of nitrogens with one attached hydrogen (secondary N) is 2. The molecule has 0 saturated heterocycles. The fraction of sp³-hybridized carbons (Fsp3) is 0.286. The maximum absolute atomic E-state index is 12.5. The van der Waals surface area contributed by atoms with Gasteiger partial charge in [-0.2, -0.15) is 0 Å².